The zero-order valence-corrected chi connectivity index (χ0v) is 18.8. The number of nitriles is 1. The number of amides is 3. The normalized spacial score (nSPS) is 12.5. The van der Waals surface area contributed by atoms with E-state index >= 15 is 0 Å². The van der Waals surface area contributed by atoms with Crippen molar-refractivity contribution in [2.45, 2.75) is 38.5 Å². The van der Waals surface area contributed by atoms with E-state index in [2.05, 4.69) is 15.4 Å². The summed E-state index contributed by atoms with van der Waals surface area (Å²) in [6.07, 6.45) is -0.983. The second kappa shape index (κ2) is 12.3. The van der Waals surface area contributed by atoms with Gasteiger partial charge in [0.15, 0.2) is 0 Å². The number of esters is 1. The molecule has 0 saturated carbocycles. The number of phenols is 1. The van der Waals surface area contributed by atoms with Gasteiger partial charge in [-0.15, -0.1) is 0 Å². The van der Waals surface area contributed by atoms with E-state index in [0.29, 0.717) is 0 Å². The molecule has 12 heteroatoms. The minimum absolute atomic E-state index is 0.106. The number of alkyl carbamates (subject to hydrolysis) is 1. The van der Waals surface area contributed by atoms with E-state index in [1.54, 1.807) is 26.8 Å². The second-order valence-corrected chi connectivity index (χ2v) is 7.79. The van der Waals surface area contributed by atoms with Crippen molar-refractivity contribution in [2.24, 2.45) is 0 Å². The third-order valence-electron chi connectivity index (χ3n) is 4.10. The van der Waals surface area contributed by atoms with Gasteiger partial charge in [0.05, 0.1) is 19.8 Å². The lowest BCUT2D eigenvalue weighted by atomic mass is 10.0. The highest BCUT2D eigenvalue weighted by Gasteiger charge is 2.36. The van der Waals surface area contributed by atoms with E-state index in [4.69, 9.17) is 4.74 Å². The number of benzene rings is 1. The molecule has 180 valence electrons. The molecule has 0 aromatic heterocycles. The molecule has 0 heterocycles. The maximum absolute atomic E-state index is 13.2. The number of methoxy groups -OCH3 is 1. The summed E-state index contributed by atoms with van der Waals surface area (Å²) >= 11 is 0. The molecular formula is C21H28N4O8. The summed E-state index contributed by atoms with van der Waals surface area (Å²) < 4.78 is 9.57. The molecule has 1 aromatic rings. The molecule has 0 saturated heterocycles. The van der Waals surface area contributed by atoms with Crippen LogP contribution in [-0.2, 0) is 23.9 Å². The van der Waals surface area contributed by atoms with Crippen molar-refractivity contribution in [2.75, 3.05) is 26.8 Å². The summed E-state index contributed by atoms with van der Waals surface area (Å²) in [4.78, 5) is 50.5. The van der Waals surface area contributed by atoms with E-state index in [9.17, 15) is 34.7 Å². The third-order valence-corrected chi connectivity index (χ3v) is 4.10. The van der Waals surface area contributed by atoms with Crippen molar-refractivity contribution in [3.05, 3.63) is 29.8 Å². The second-order valence-electron chi connectivity index (χ2n) is 7.79. The molecule has 0 fully saturated rings. The fourth-order valence-corrected chi connectivity index (χ4v) is 2.67. The highest BCUT2D eigenvalue weighted by molar-refractivity contribution is 5.93. The number of phenolic OH excluding ortho intramolecular Hbond substituents is 1. The molecule has 0 spiro atoms. The number of carbonyl (C=O) groups excluding carboxylic acids is 4. The van der Waals surface area contributed by atoms with Gasteiger partial charge in [-0.2, -0.15) is 5.26 Å². The highest BCUT2D eigenvalue weighted by Crippen LogP contribution is 2.24. The molecule has 0 radical (unpaired) electrons. The van der Waals surface area contributed by atoms with Crippen LogP contribution in [0.4, 0.5) is 4.79 Å². The number of hydrogen-bond acceptors (Lipinski definition) is 9. The quantitative estimate of drug-likeness (QED) is 0.288. The number of carbonyl (C=O) groups is 4. The van der Waals surface area contributed by atoms with Gasteiger partial charge in [0.25, 0.3) is 0 Å². The van der Waals surface area contributed by atoms with E-state index in [0.717, 1.165) is 12.0 Å². The molecule has 0 bridgehead atoms. The average molecular weight is 464 g/mol. The molecule has 0 aliphatic carbocycles. The molecule has 1 aromatic carbocycles. The van der Waals surface area contributed by atoms with Crippen molar-refractivity contribution >= 4 is 23.9 Å². The first-order valence-electron chi connectivity index (χ1n) is 9.84. The standard InChI is InChI=1S/C21H28N4O8/c1-21(2,3)33-20(31)24-15(12-26)19(30)25(10-9-22)17(13-5-7-14(27)8-6-13)18(29)23-11-16(28)32-4/h5-8,15,17,26-27H,10-12H2,1-4H3,(H,23,29)(H,24,31). The Hall–Kier alpha value is -3.85. The van der Waals surface area contributed by atoms with Crippen LogP contribution in [0.5, 0.6) is 5.75 Å². The number of hydrogen-bond donors (Lipinski definition) is 4. The first-order valence-corrected chi connectivity index (χ1v) is 9.84. The molecule has 2 unspecified atom stereocenters. The van der Waals surface area contributed by atoms with Gasteiger partial charge in [-0.05, 0) is 38.5 Å². The fraction of sp³-hybridized carbons (Fsp3) is 0.476. The smallest absolute Gasteiger partial charge is 0.408 e. The number of nitrogens with zero attached hydrogens (tertiary/aromatic N) is 2. The Labute approximate surface area is 191 Å². The van der Waals surface area contributed by atoms with Crippen LogP contribution in [0.3, 0.4) is 0 Å². The summed E-state index contributed by atoms with van der Waals surface area (Å²) in [6.45, 7) is 2.89. The zero-order valence-electron chi connectivity index (χ0n) is 18.8. The molecule has 33 heavy (non-hydrogen) atoms. The Morgan fingerprint density at radius 3 is 2.27 bits per heavy atom. The number of aliphatic hydroxyl groups excluding tert-OH is 1. The van der Waals surface area contributed by atoms with Gasteiger partial charge >= 0.3 is 12.1 Å². The Morgan fingerprint density at radius 2 is 1.79 bits per heavy atom. The third kappa shape index (κ3) is 8.66. The van der Waals surface area contributed by atoms with Crippen molar-refractivity contribution in [1.29, 1.82) is 5.26 Å². The Balaban J connectivity index is 3.29. The highest BCUT2D eigenvalue weighted by atomic mass is 16.6. The topological polar surface area (TPSA) is 178 Å². The largest absolute Gasteiger partial charge is 0.508 e. The van der Waals surface area contributed by atoms with Gasteiger partial charge < -0.3 is 35.2 Å². The van der Waals surface area contributed by atoms with Crippen LogP contribution in [0.2, 0.25) is 0 Å². The van der Waals surface area contributed by atoms with Crippen LogP contribution in [0, 0.1) is 11.3 Å². The zero-order chi connectivity index (χ0) is 25.2. The summed E-state index contributed by atoms with van der Waals surface area (Å²) in [7, 11) is 1.13. The van der Waals surface area contributed by atoms with Crippen LogP contribution in [0.1, 0.15) is 32.4 Å². The van der Waals surface area contributed by atoms with Crippen molar-refractivity contribution in [3.8, 4) is 11.8 Å². The van der Waals surface area contributed by atoms with Gasteiger partial charge in [-0.25, -0.2) is 4.79 Å². The lowest BCUT2D eigenvalue weighted by Crippen LogP contribution is -2.54. The minimum atomic E-state index is -1.53. The molecular weight excluding hydrogens is 436 g/mol. The maximum atomic E-state index is 13.2. The number of aromatic hydroxyl groups is 1. The van der Waals surface area contributed by atoms with E-state index in [-0.39, 0.29) is 11.3 Å². The van der Waals surface area contributed by atoms with E-state index < -0.39 is 61.3 Å². The number of rotatable bonds is 9. The molecule has 2 atom stereocenters. The summed E-state index contributed by atoms with van der Waals surface area (Å²) in [5, 5.41) is 33.1. The lowest BCUT2D eigenvalue weighted by molar-refractivity contribution is -0.144. The van der Waals surface area contributed by atoms with Gasteiger partial charge in [-0.3, -0.25) is 14.4 Å². The van der Waals surface area contributed by atoms with Crippen LogP contribution in [0.15, 0.2) is 24.3 Å². The van der Waals surface area contributed by atoms with Crippen LogP contribution >= 0.6 is 0 Å². The average Bonchev–Trinajstić information content (AvgIpc) is 2.74. The van der Waals surface area contributed by atoms with Gasteiger partial charge in [0.1, 0.15) is 36.5 Å². The van der Waals surface area contributed by atoms with Gasteiger partial charge in [0.2, 0.25) is 11.8 Å². The molecule has 12 nitrogen and oxygen atoms in total. The van der Waals surface area contributed by atoms with E-state index in [1.165, 1.54) is 24.3 Å². The Kier molecular flexibility index (Phi) is 10.1. The first kappa shape index (κ1) is 27.2. The lowest BCUT2D eigenvalue weighted by Gasteiger charge is -2.32. The SMILES string of the molecule is COC(=O)CNC(=O)C(c1ccc(O)cc1)N(CC#N)C(=O)C(CO)NC(=O)OC(C)(C)C. The monoisotopic (exact) mass is 464 g/mol. The predicted octanol–water partition coefficient (Wildman–Crippen LogP) is -0.0397. The summed E-state index contributed by atoms with van der Waals surface area (Å²) in [6, 6.07) is 4.06. The number of ether oxygens (including phenoxy) is 2. The minimum Gasteiger partial charge on any atom is -0.508 e. The van der Waals surface area contributed by atoms with Crippen molar-refractivity contribution < 1.29 is 38.9 Å². The van der Waals surface area contributed by atoms with Gasteiger partial charge in [0, 0.05) is 0 Å². The fourth-order valence-electron chi connectivity index (χ4n) is 2.67. The Bertz CT molecular complexity index is 889. The molecule has 4 N–H and O–H groups in total. The first-order chi connectivity index (χ1) is 15.4. The van der Waals surface area contributed by atoms with Crippen LogP contribution < -0.4 is 10.6 Å². The predicted molar refractivity (Wildman–Crippen MR) is 113 cm³/mol. The molecule has 0 aliphatic heterocycles. The Morgan fingerprint density at radius 1 is 1.18 bits per heavy atom. The van der Waals surface area contributed by atoms with Crippen LogP contribution in [-0.4, -0.2) is 77.4 Å². The summed E-state index contributed by atoms with van der Waals surface area (Å²) in [5.41, 5.74) is -0.672. The summed E-state index contributed by atoms with van der Waals surface area (Å²) in [5.74, 6) is -2.63. The van der Waals surface area contributed by atoms with Crippen molar-refractivity contribution in [3.63, 3.8) is 0 Å². The molecule has 1 rings (SSSR count). The molecule has 3 amide bonds. The number of aliphatic hydroxyl groups is 1. The van der Waals surface area contributed by atoms with Crippen LogP contribution in [0.25, 0.3) is 0 Å². The maximum Gasteiger partial charge on any atom is 0.408 e. The van der Waals surface area contributed by atoms with E-state index in [1.807, 2.05) is 0 Å². The van der Waals surface area contributed by atoms with Crippen molar-refractivity contribution in [1.82, 2.24) is 15.5 Å². The molecule has 0 aliphatic rings. The number of nitrogens with one attached hydrogen (secondary N) is 2. The van der Waals surface area contributed by atoms with Gasteiger partial charge in [-0.1, -0.05) is 12.1 Å².